The van der Waals surface area contributed by atoms with Crippen molar-refractivity contribution in [1.29, 1.82) is 0 Å². The maximum Gasteiger partial charge on any atom is 0.263 e. The Kier molecular flexibility index (Phi) is 5.02. The fraction of sp³-hybridized carbons (Fsp3) is 0.444. The van der Waals surface area contributed by atoms with Gasteiger partial charge < -0.3 is 5.32 Å². The van der Waals surface area contributed by atoms with Crippen LogP contribution in [0.25, 0.3) is 10.6 Å². The highest BCUT2D eigenvalue weighted by atomic mass is 35.5. The Morgan fingerprint density at radius 1 is 1.26 bits per heavy atom. The van der Waals surface area contributed by atoms with E-state index in [2.05, 4.69) is 17.2 Å². The summed E-state index contributed by atoms with van der Waals surface area (Å²) >= 11 is 7.38. The van der Waals surface area contributed by atoms with Crippen LogP contribution in [0.5, 0.6) is 0 Å². The molecule has 3 nitrogen and oxygen atoms in total. The SMILES string of the molecule is Cc1nc(-c2ccc(Cl)cc2)sc1C(=O)NC1CCCCC1C. The van der Waals surface area contributed by atoms with Gasteiger partial charge in [0, 0.05) is 16.6 Å². The van der Waals surface area contributed by atoms with Gasteiger partial charge in [0.2, 0.25) is 0 Å². The fourth-order valence-electron chi connectivity index (χ4n) is 3.09. The number of nitrogens with one attached hydrogen (secondary N) is 1. The van der Waals surface area contributed by atoms with Crippen molar-refractivity contribution < 1.29 is 4.79 Å². The topological polar surface area (TPSA) is 42.0 Å². The summed E-state index contributed by atoms with van der Waals surface area (Å²) in [4.78, 5) is 17.9. The van der Waals surface area contributed by atoms with Crippen LogP contribution < -0.4 is 5.32 Å². The highest BCUT2D eigenvalue weighted by Crippen LogP contribution is 2.30. The van der Waals surface area contributed by atoms with E-state index in [1.54, 1.807) is 0 Å². The molecule has 0 spiro atoms. The summed E-state index contributed by atoms with van der Waals surface area (Å²) < 4.78 is 0. The van der Waals surface area contributed by atoms with Crippen molar-refractivity contribution in [2.75, 3.05) is 0 Å². The number of thiazole rings is 1. The van der Waals surface area contributed by atoms with E-state index in [1.165, 1.54) is 30.6 Å². The summed E-state index contributed by atoms with van der Waals surface area (Å²) in [5.41, 5.74) is 1.79. The van der Waals surface area contributed by atoms with Crippen molar-refractivity contribution in [1.82, 2.24) is 10.3 Å². The molecule has 1 heterocycles. The first kappa shape index (κ1) is 16.5. The second-order valence-electron chi connectivity index (χ2n) is 6.28. The van der Waals surface area contributed by atoms with Gasteiger partial charge in [-0.15, -0.1) is 11.3 Å². The Labute approximate surface area is 146 Å². The minimum Gasteiger partial charge on any atom is -0.348 e. The Balaban J connectivity index is 1.77. The Morgan fingerprint density at radius 2 is 1.96 bits per heavy atom. The molecule has 0 bridgehead atoms. The van der Waals surface area contributed by atoms with Gasteiger partial charge in [-0.2, -0.15) is 0 Å². The van der Waals surface area contributed by atoms with E-state index >= 15 is 0 Å². The van der Waals surface area contributed by atoms with Crippen LogP contribution >= 0.6 is 22.9 Å². The molecule has 1 amide bonds. The molecule has 122 valence electrons. The minimum atomic E-state index is 0.0129. The van der Waals surface area contributed by atoms with Crippen LogP contribution in [0.2, 0.25) is 5.02 Å². The van der Waals surface area contributed by atoms with Gasteiger partial charge in [0.25, 0.3) is 5.91 Å². The molecule has 3 rings (SSSR count). The molecule has 0 radical (unpaired) electrons. The summed E-state index contributed by atoms with van der Waals surface area (Å²) in [5, 5.41) is 4.77. The van der Waals surface area contributed by atoms with Gasteiger partial charge in [0.15, 0.2) is 0 Å². The lowest BCUT2D eigenvalue weighted by molar-refractivity contribution is 0.0913. The molecular formula is C18H21ClN2OS. The summed E-state index contributed by atoms with van der Waals surface area (Å²) in [5.74, 6) is 0.565. The molecule has 2 aromatic rings. The van der Waals surface area contributed by atoms with E-state index in [4.69, 9.17) is 11.6 Å². The summed E-state index contributed by atoms with van der Waals surface area (Å²) in [6, 6.07) is 7.85. The van der Waals surface area contributed by atoms with Crippen molar-refractivity contribution in [2.24, 2.45) is 5.92 Å². The van der Waals surface area contributed by atoms with E-state index in [-0.39, 0.29) is 11.9 Å². The maximum atomic E-state index is 12.6. The third kappa shape index (κ3) is 3.75. The number of carbonyl (C=O) groups is 1. The molecule has 1 aliphatic rings. The summed E-state index contributed by atoms with van der Waals surface area (Å²) in [6.07, 6.45) is 4.75. The number of nitrogens with zero attached hydrogens (tertiary/aromatic N) is 1. The molecule has 1 fully saturated rings. The lowest BCUT2D eigenvalue weighted by Crippen LogP contribution is -2.40. The first-order valence-corrected chi connectivity index (χ1v) is 9.28. The Bertz CT molecular complexity index is 696. The number of halogens is 1. The number of rotatable bonds is 3. The Hall–Kier alpha value is -1.39. The monoisotopic (exact) mass is 348 g/mol. The second kappa shape index (κ2) is 7.02. The van der Waals surface area contributed by atoms with Crippen LogP contribution in [0.4, 0.5) is 0 Å². The number of benzene rings is 1. The molecule has 1 saturated carbocycles. The first-order valence-electron chi connectivity index (χ1n) is 8.09. The molecule has 5 heteroatoms. The molecule has 23 heavy (non-hydrogen) atoms. The van der Waals surface area contributed by atoms with Crippen molar-refractivity contribution in [3.63, 3.8) is 0 Å². The molecule has 0 aliphatic heterocycles. The predicted octanol–water partition coefficient (Wildman–Crippen LogP) is 5.08. The molecule has 1 N–H and O–H groups in total. The molecule has 0 saturated heterocycles. The number of amides is 1. The van der Waals surface area contributed by atoms with Crippen LogP contribution in [0.15, 0.2) is 24.3 Å². The molecule has 2 unspecified atom stereocenters. The Morgan fingerprint density at radius 3 is 2.65 bits per heavy atom. The van der Waals surface area contributed by atoms with Crippen LogP contribution in [0.1, 0.15) is 48.0 Å². The zero-order chi connectivity index (χ0) is 16.4. The average Bonchev–Trinajstić information content (AvgIpc) is 2.92. The van der Waals surface area contributed by atoms with Crippen LogP contribution in [0, 0.1) is 12.8 Å². The molecule has 1 aliphatic carbocycles. The lowest BCUT2D eigenvalue weighted by Gasteiger charge is -2.29. The van der Waals surface area contributed by atoms with Crippen molar-refractivity contribution >= 4 is 28.8 Å². The molecule has 1 aromatic carbocycles. The van der Waals surface area contributed by atoms with E-state index in [0.717, 1.165) is 22.7 Å². The van der Waals surface area contributed by atoms with Crippen molar-refractivity contribution in [2.45, 2.75) is 45.6 Å². The zero-order valence-corrected chi connectivity index (χ0v) is 15.0. The van der Waals surface area contributed by atoms with Gasteiger partial charge in [0.1, 0.15) is 9.88 Å². The highest BCUT2D eigenvalue weighted by molar-refractivity contribution is 7.17. The second-order valence-corrected chi connectivity index (χ2v) is 7.72. The third-order valence-electron chi connectivity index (χ3n) is 4.52. The van der Waals surface area contributed by atoms with Gasteiger partial charge in [-0.05, 0) is 37.8 Å². The van der Waals surface area contributed by atoms with Crippen LogP contribution in [-0.4, -0.2) is 16.9 Å². The van der Waals surface area contributed by atoms with Gasteiger partial charge in [-0.1, -0.05) is 43.5 Å². The van der Waals surface area contributed by atoms with Crippen LogP contribution in [0.3, 0.4) is 0 Å². The van der Waals surface area contributed by atoms with Crippen molar-refractivity contribution in [3.05, 3.63) is 39.9 Å². The first-order chi connectivity index (χ1) is 11.0. The summed E-state index contributed by atoms with van der Waals surface area (Å²) in [7, 11) is 0. The third-order valence-corrected chi connectivity index (χ3v) is 5.98. The molecule has 1 aromatic heterocycles. The summed E-state index contributed by atoms with van der Waals surface area (Å²) in [6.45, 7) is 4.12. The lowest BCUT2D eigenvalue weighted by atomic mass is 9.86. The molecular weight excluding hydrogens is 328 g/mol. The quantitative estimate of drug-likeness (QED) is 0.840. The number of carbonyl (C=O) groups excluding carboxylic acids is 1. The van der Waals surface area contributed by atoms with Gasteiger partial charge >= 0.3 is 0 Å². The number of aromatic nitrogens is 1. The van der Waals surface area contributed by atoms with Crippen molar-refractivity contribution in [3.8, 4) is 10.6 Å². The van der Waals surface area contributed by atoms with Crippen LogP contribution in [-0.2, 0) is 0 Å². The minimum absolute atomic E-state index is 0.0129. The van der Waals surface area contributed by atoms with Gasteiger partial charge in [0.05, 0.1) is 5.69 Å². The van der Waals surface area contributed by atoms with E-state index in [0.29, 0.717) is 15.8 Å². The standard InChI is InChI=1S/C18H21ClN2OS/c1-11-5-3-4-6-15(11)21-17(22)16-12(2)20-18(23-16)13-7-9-14(19)10-8-13/h7-11,15H,3-6H2,1-2H3,(H,21,22). The molecule has 2 atom stereocenters. The van der Waals surface area contributed by atoms with E-state index < -0.39 is 0 Å². The number of hydrogen-bond acceptors (Lipinski definition) is 3. The maximum absolute atomic E-state index is 12.6. The van der Waals surface area contributed by atoms with E-state index in [9.17, 15) is 4.79 Å². The zero-order valence-electron chi connectivity index (χ0n) is 13.4. The number of hydrogen-bond donors (Lipinski definition) is 1. The van der Waals surface area contributed by atoms with Gasteiger partial charge in [-0.3, -0.25) is 4.79 Å². The largest absolute Gasteiger partial charge is 0.348 e. The fourth-order valence-corrected chi connectivity index (χ4v) is 4.19. The predicted molar refractivity (Wildman–Crippen MR) is 96.2 cm³/mol. The van der Waals surface area contributed by atoms with Gasteiger partial charge in [-0.25, -0.2) is 4.98 Å². The smallest absolute Gasteiger partial charge is 0.263 e. The van der Waals surface area contributed by atoms with E-state index in [1.807, 2.05) is 31.2 Å². The highest BCUT2D eigenvalue weighted by Gasteiger charge is 2.25. The normalized spacial score (nSPS) is 21.2. The average molecular weight is 349 g/mol. The number of aryl methyl sites for hydroxylation is 1.